The van der Waals surface area contributed by atoms with Crippen LogP contribution in [0.15, 0.2) is 54.6 Å². The van der Waals surface area contributed by atoms with Crippen molar-refractivity contribution in [2.24, 2.45) is 5.92 Å². The molecule has 1 aliphatic heterocycles. The summed E-state index contributed by atoms with van der Waals surface area (Å²) in [5.41, 5.74) is -3.59. The van der Waals surface area contributed by atoms with Crippen molar-refractivity contribution in [2.75, 3.05) is 14.1 Å². The molecule has 2 aromatic rings. The Balaban J connectivity index is 2.26. The van der Waals surface area contributed by atoms with Crippen LogP contribution in [0.4, 0.5) is 18.0 Å². The molecular formula is C20H19F3N2O4. The van der Waals surface area contributed by atoms with Crippen LogP contribution in [0.2, 0.25) is 0 Å². The van der Waals surface area contributed by atoms with Gasteiger partial charge >= 0.3 is 12.2 Å². The Kier molecular flexibility index (Phi) is 5.04. The zero-order valence-corrected chi connectivity index (χ0v) is 15.6. The number of urea groups is 1. The largest absolute Gasteiger partial charge is 0.508 e. The number of benzene rings is 2. The minimum absolute atomic E-state index is 0.0277. The van der Waals surface area contributed by atoms with Crippen molar-refractivity contribution < 1.29 is 33.0 Å². The van der Waals surface area contributed by atoms with Gasteiger partial charge in [0.1, 0.15) is 11.7 Å². The Bertz CT molecular complexity index is 918. The number of halogens is 3. The van der Waals surface area contributed by atoms with E-state index in [1.807, 2.05) is 0 Å². The highest BCUT2D eigenvalue weighted by molar-refractivity contribution is 6.00. The van der Waals surface area contributed by atoms with Gasteiger partial charge < -0.3 is 15.1 Å². The van der Waals surface area contributed by atoms with Gasteiger partial charge in [-0.05, 0) is 17.7 Å². The third-order valence-corrected chi connectivity index (χ3v) is 5.26. The standard InChI is InChI=1S/C20H19F3N2O4/c1-24-16(12-8-10-14(26)11-9-12)15(17(27)13-6-4-3-5-7-13)19(29,20(21,22)23)25(2)18(24)28/h3-11,15-16,26,29H,1-2H3. The number of hydrogen-bond acceptors (Lipinski definition) is 4. The first-order chi connectivity index (χ1) is 13.5. The highest BCUT2D eigenvalue weighted by atomic mass is 19.4. The quantitative estimate of drug-likeness (QED) is 0.765. The Morgan fingerprint density at radius 2 is 1.59 bits per heavy atom. The number of ketones is 1. The minimum atomic E-state index is -5.30. The van der Waals surface area contributed by atoms with Crippen molar-refractivity contribution in [1.29, 1.82) is 0 Å². The maximum absolute atomic E-state index is 14.1. The van der Waals surface area contributed by atoms with Gasteiger partial charge in [0.05, 0.1) is 6.04 Å². The molecule has 3 unspecified atom stereocenters. The van der Waals surface area contributed by atoms with Crippen molar-refractivity contribution >= 4 is 11.8 Å². The number of carbonyl (C=O) groups is 2. The summed E-state index contributed by atoms with van der Waals surface area (Å²) in [6.45, 7) is 0. The molecule has 2 amide bonds. The second kappa shape index (κ2) is 7.07. The van der Waals surface area contributed by atoms with Gasteiger partial charge in [0.15, 0.2) is 5.78 Å². The van der Waals surface area contributed by atoms with Crippen molar-refractivity contribution in [3.05, 3.63) is 65.7 Å². The smallest absolute Gasteiger partial charge is 0.437 e. The molecule has 0 bridgehead atoms. The summed E-state index contributed by atoms with van der Waals surface area (Å²) in [5, 5.41) is 20.3. The maximum atomic E-state index is 14.1. The van der Waals surface area contributed by atoms with Gasteiger partial charge in [0.2, 0.25) is 0 Å². The molecule has 3 rings (SSSR count). The molecule has 0 saturated carbocycles. The molecule has 0 spiro atoms. The lowest BCUT2D eigenvalue weighted by Gasteiger charge is -2.53. The molecule has 3 atom stereocenters. The van der Waals surface area contributed by atoms with Gasteiger partial charge in [0.25, 0.3) is 5.72 Å². The van der Waals surface area contributed by atoms with E-state index >= 15 is 0 Å². The number of phenols is 1. The van der Waals surface area contributed by atoms with Crippen LogP contribution in [-0.2, 0) is 0 Å². The fourth-order valence-corrected chi connectivity index (χ4v) is 3.72. The van der Waals surface area contributed by atoms with E-state index in [-0.39, 0.29) is 21.8 Å². The van der Waals surface area contributed by atoms with Gasteiger partial charge in [0, 0.05) is 19.7 Å². The number of amides is 2. The van der Waals surface area contributed by atoms with Crippen LogP contribution in [-0.4, -0.2) is 57.8 Å². The normalized spacial score (nSPS) is 25.2. The molecule has 0 aromatic heterocycles. The van der Waals surface area contributed by atoms with E-state index in [1.165, 1.54) is 55.6 Å². The zero-order valence-electron chi connectivity index (χ0n) is 15.6. The predicted octanol–water partition coefficient (Wildman–Crippen LogP) is 3.18. The van der Waals surface area contributed by atoms with E-state index in [1.54, 1.807) is 6.07 Å². The van der Waals surface area contributed by atoms with E-state index in [0.29, 0.717) is 0 Å². The van der Waals surface area contributed by atoms with Crippen LogP contribution in [0.3, 0.4) is 0 Å². The molecule has 0 aliphatic carbocycles. The maximum Gasteiger partial charge on any atom is 0.437 e. The molecule has 6 nitrogen and oxygen atoms in total. The summed E-state index contributed by atoms with van der Waals surface area (Å²) in [6.07, 6.45) is -5.30. The number of carbonyl (C=O) groups excluding carboxylic acids is 2. The molecule has 29 heavy (non-hydrogen) atoms. The molecule has 1 fully saturated rings. The topological polar surface area (TPSA) is 81.1 Å². The number of hydrogen-bond donors (Lipinski definition) is 2. The highest BCUT2D eigenvalue weighted by Crippen LogP contribution is 2.50. The van der Waals surface area contributed by atoms with Crippen molar-refractivity contribution in [3.8, 4) is 5.75 Å². The molecule has 9 heteroatoms. The summed E-state index contributed by atoms with van der Waals surface area (Å²) in [4.78, 5) is 26.9. The fourth-order valence-electron chi connectivity index (χ4n) is 3.72. The average molecular weight is 408 g/mol. The number of nitrogens with zero attached hydrogens (tertiary/aromatic N) is 2. The molecule has 1 aliphatic rings. The van der Waals surface area contributed by atoms with E-state index < -0.39 is 35.7 Å². The molecule has 0 radical (unpaired) electrons. The van der Waals surface area contributed by atoms with Crippen LogP contribution in [0.1, 0.15) is 22.0 Å². The first-order valence-electron chi connectivity index (χ1n) is 8.68. The number of phenolic OH excluding ortho intramolecular Hbond substituents is 1. The second-order valence-corrected chi connectivity index (χ2v) is 6.92. The molecule has 2 aromatic carbocycles. The first kappa shape index (κ1) is 20.7. The van der Waals surface area contributed by atoms with E-state index in [9.17, 15) is 33.0 Å². The lowest BCUT2D eigenvalue weighted by molar-refractivity contribution is -0.328. The van der Waals surface area contributed by atoms with Gasteiger partial charge in [-0.15, -0.1) is 0 Å². The Morgan fingerprint density at radius 1 is 1.03 bits per heavy atom. The average Bonchev–Trinajstić information content (AvgIpc) is 2.69. The van der Waals surface area contributed by atoms with E-state index in [0.717, 1.165) is 11.9 Å². The number of Topliss-reactive ketones (excluding diaryl/α,β-unsaturated/α-hetero) is 1. The van der Waals surface area contributed by atoms with Crippen LogP contribution >= 0.6 is 0 Å². The molecular weight excluding hydrogens is 389 g/mol. The van der Waals surface area contributed by atoms with Crippen molar-refractivity contribution in [1.82, 2.24) is 9.80 Å². The summed E-state index contributed by atoms with van der Waals surface area (Å²) < 4.78 is 42.3. The summed E-state index contributed by atoms with van der Waals surface area (Å²) in [7, 11) is 2.07. The minimum Gasteiger partial charge on any atom is -0.508 e. The second-order valence-electron chi connectivity index (χ2n) is 6.92. The number of alkyl halides is 3. The molecule has 1 heterocycles. The molecule has 154 valence electrons. The van der Waals surface area contributed by atoms with Gasteiger partial charge in [-0.2, -0.15) is 13.2 Å². The predicted molar refractivity (Wildman–Crippen MR) is 97.0 cm³/mol. The van der Waals surface area contributed by atoms with Gasteiger partial charge in [-0.25, -0.2) is 4.79 Å². The fraction of sp³-hybridized carbons (Fsp3) is 0.300. The van der Waals surface area contributed by atoms with E-state index in [2.05, 4.69) is 0 Å². The lowest BCUT2D eigenvalue weighted by atomic mass is 9.75. The Labute approximate surface area is 164 Å². The van der Waals surface area contributed by atoms with Crippen LogP contribution < -0.4 is 0 Å². The summed E-state index contributed by atoms with van der Waals surface area (Å²) in [5.74, 6) is -3.16. The van der Waals surface area contributed by atoms with Crippen molar-refractivity contribution in [2.45, 2.75) is 17.9 Å². The van der Waals surface area contributed by atoms with Crippen LogP contribution in [0.25, 0.3) is 0 Å². The van der Waals surface area contributed by atoms with E-state index in [4.69, 9.17) is 0 Å². The zero-order chi connectivity index (χ0) is 21.6. The lowest BCUT2D eigenvalue weighted by Crippen LogP contribution is -2.73. The molecule has 1 saturated heterocycles. The monoisotopic (exact) mass is 408 g/mol. The van der Waals surface area contributed by atoms with Gasteiger partial charge in [-0.3, -0.25) is 9.69 Å². The first-order valence-corrected chi connectivity index (χ1v) is 8.68. The third-order valence-electron chi connectivity index (χ3n) is 5.26. The summed E-state index contributed by atoms with van der Waals surface area (Å²) in [6, 6.07) is 9.89. The molecule has 2 N–H and O–H groups in total. The summed E-state index contributed by atoms with van der Waals surface area (Å²) >= 11 is 0. The number of rotatable bonds is 3. The Morgan fingerprint density at radius 3 is 2.10 bits per heavy atom. The SMILES string of the molecule is CN1C(=O)N(C)C(O)(C(F)(F)F)C(C(=O)c2ccccc2)C1c1ccc(O)cc1. The Hall–Kier alpha value is -3.07. The van der Waals surface area contributed by atoms with Crippen molar-refractivity contribution in [3.63, 3.8) is 0 Å². The van der Waals surface area contributed by atoms with Gasteiger partial charge in [-0.1, -0.05) is 42.5 Å². The number of aromatic hydroxyl groups is 1. The highest BCUT2D eigenvalue weighted by Gasteiger charge is 2.70. The van der Waals surface area contributed by atoms with Crippen LogP contribution in [0, 0.1) is 5.92 Å². The number of aliphatic hydroxyl groups is 1. The van der Waals surface area contributed by atoms with Crippen LogP contribution in [0.5, 0.6) is 5.75 Å². The third kappa shape index (κ3) is 3.21.